The zero-order valence-electron chi connectivity index (χ0n) is 14.4. The van der Waals surface area contributed by atoms with Crippen molar-refractivity contribution in [3.8, 4) is 5.75 Å². The van der Waals surface area contributed by atoms with Crippen molar-refractivity contribution in [3.63, 3.8) is 0 Å². The quantitative estimate of drug-likeness (QED) is 0.454. The van der Waals surface area contributed by atoms with Gasteiger partial charge in [0.05, 0.1) is 17.0 Å². The summed E-state index contributed by atoms with van der Waals surface area (Å²) in [5, 5.41) is 8.01. The normalized spacial score (nSPS) is 11.5. The van der Waals surface area contributed by atoms with E-state index < -0.39 is 6.17 Å². The Morgan fingerprint density at radius 1 is 1.07 bits per heavy atom. The van der Waals surface area contributed by atoms with Gasteiger partial charge >= 0.3 is 0 Å². The van der Waals surface area contributed by atoms with E-state index in [1.165, 1.54) is 18.4 Å². The molecule has 0 fully saturated rings. The Morgan fingerprint density at radius 2 is 1.85 bits per heavy atom. The Bertz CT molecular complexity index is 930. The molecule has 3 aromatic rings. The molecule has 0 spiro atoms. The van der Waals surface area contributed by atoms with Crippen molar-refractivity contribution in [3.05, 3.63) is 81.5 Å². The lowest BCUT2D eigenvalue weighted by atomic mass is 10.2. The van der Waals surface area contributed by atoms with E-state index >= 15 is 0 Å². The van der Waals surface area contributed by atoms with Gasteiger partial charge in [-0.15, -0.1) is 11.3 Å². The van der Waals surface area contributed by atoms with E-state index in [0.29, 0.717) is 26.9 Å². The van der Waals surface area contributed by atoms with E-state index in [0.717, 1.165) is 0 Å². The lowest BCUT2D eigenvalue weighted by molar-refractivity contribution is 0.0871. The molecule has 1 amide bonds. The van der Waals surface area contributed by atoms with E-state index in [2.05, 4.69) is 10.6 Å². The first kappa shape index (κ1) is 18.9. The average molecular weight is 401 g/mol. The number of anilines is 1. The van der Waals surface area contributed by atoms with Crippen LogP contribution >= 0.6 is 22.9 Å². The number of rotatable bonds is 7. The van der Waals surface area contributed by atoms with Gasteiger partial charge in [-0.3, -0.25) is 9.59 Å². The summed E-state index contributed by atoms with van der Waals surface area (Å²) in [6, 6.07) is 17.3. The third kappa shape index (κ3) is 4.67. The monoisotopic (exact) mass is 400 g/mol. The van der Waals surface area contributed by atoms with Crippen LogP contribution in [-0.4, -0.2) is 25.0 Å². The molecule has 27 heavy (non-hydrogen) atoms. The highest BCUT2D eigenvalue weighted by Gasteiger charge is 2.23. The fourth-order valence-corrected chi connectivity index (χ4v) is 3.41. The third-order valence-electron chi connectivity index (χ3n) is 3.80. The molecule has 0 unspecified atom stereocenters. The first-order chi connectivity index (χ1) is 13.1. The zero-order chi connectivity index (χ0) is 19.2. The van der Waals surface area contributed by atoms with Gasteiger partial charge in [0.1, 0.15) is 5.75 Å². The number of thiophene rings is 1. The minimum absolute atomic E-state index is 0.235. The Kier molecular flexibility index (Phi) is 6.11. The van der Waals surface area contributed by atoms with Crippen LogP contribution in [-0.2, 0) is 0 Å². The number of halogens is 1. The van der Waals surface area contributed by atoms with Crippen molar-refractivity contribution >= 4 is 40.3 Å². The van der Waals surface area contributed by atoms with E-state index in [1.54, 1.807) is 54.6 Å². The molecule has 5 nitrogen and oxygen atoms in total. The van der Waals surface area contributed by atoms with Gasteiger partial charge in [0.25, 0.3) is 5.91 Å². The molecule has 0 aliphatic carbocycles. The van der Waals surface area contributed by atoms with Gasteiger partial charge in [0.15, 0.2) is 6.17 Å². The summed E-state index contributed by atoms with van der Waals surface area (Å²) in [6.07, 6.45) is -0.944. The van der Waals surface area contributed by atoms with Crippen LogP contribution in [0.5, 0.6) is 5.75 Å². The average Bonchev–Trinajstić information content (AvgIpc) is 3.22. The Hall–Kier alpha value is -2.83. The van der Waals surface area contributed by atoms with Gasteiger partial charge in [-0.1, -0.05) is 35.9 Å². The van der Waals surface area contributed by atoms with E-state index in [-0.39, 0.29) is 11.7 Å². The number of methoxy groups -OCH3 is 1. The van der Waals surface area contributed by atoms with Gasteiger partial charge in [0.2, 0.25) is 5.78 Å². The highest BCUT2D eigenvalue weighted by atomic mass is 35.5. The maximum atomic E-state index is 12.9. The van der Waals surface area contributed by atoms with Crippen LogP contribution in [0.3, 0.4) is 0 Å². The maximum Gasteiger partial charge on any atom is 0.253 e. The van der Waals surface area contributed by atoms with E-state index in [4.69, 9.17) is 16.3 Å². The molecule has 2 aromatic carbocycles. The molecule has 0 aliphatic heterocycles. The minimum Gasteiger partial charge on any atom is -0.495 e. The molecule has 0 bridgehead atoms. The molecular formula is C20H17ClN2O3S. The highest BCUT2D eigenvalue weighted by molar-refractivity contribution is 7.12. The molecular weight excluding hydrogens is 384 g/mol. The summed E-state index contributed by atoms with van der Waals surface area (Å²) >= 11 is 7.47. The molecule has 1 heterocycles. The molecule has 7 heteroatoms. The number of benzene rings is 2. The second-order valence-electron chi connectivity index (χ2n) is 5.61. The SMILES string of the molecule is COc1ccc(N[C@H](NC(=O)c2ccccc2)C(=O)c2cccs2)cc1Cl. The van der Waals surface area contributed by atoms with Gasteiger partial charge < -0.3 is 15.4 Å². The Morgan fingerprint density at radius 3 is 2.48 bits per heavy atom. The fraction of sp³-hybridized carbons (Fsp3) is 0.100. The number of carbonyl (C=O) groups excluding carboxylic acids is 2. The lowest BCUT2D eigenvalue weighted by Crippen LogP contribution is -2.46. The summed E-state index contributed by atoms with van der Waals surface area (Å²) in [7, 11) is 1.53. The standard InChI is InChI=1S/C20H17ClN2O3S/c1-26-16-10-9-14(12-15(16)21)22-19(18(24)17-8-5-11-27-17)23-20(25)13-6-3-2-4-7-13/h2-12,19,22H,1H3,(H,23,25)/t19-/m1/s1. The maximum absolute atomic E-state index is 12.9. The molecule has 1 atom stereocenters. The Labute approximate surface area is 165 Å². The number of Topliss-reactive ketones (excluding diaryl/α,β-unsaturated/α-hetero) is 1. The van der Waals surface area contributed by atoms with Crippen molar-refractivity contribution in [2.24, 2.45) is 0 Å². The van der Waals surface area contributed by atoms with Gasteiger partial charge in [-0.05, 0) is 41.8 Å². The number of ketones is 1. The van der Waals surface area contributed by atoms with Crippen molar-refractivity contribution in [1.29, 1.82) is 0 Å². The molecule has 0 saturated heterocycles. The van der Waals surface area contributed by atoms with Gasteiger partial charge in [-0.25, -0.2) is 0 Å². The van der Waals surface area contributed by atoms with Crippen LogP contribution < -0.4 is 15.4 Å². The number of ether oxygens (including phenoxy) is 1. The lowest BCUT2D eigenvalue weighted by Gasteiger charge is -2.20. The molecule has 0 aliphatic rings. The molecule has 2 N–H and O–H groups in total. The third-order valence-corrected chi connectivity index (χ3v) is 4.98. The van der Waals surface area contributed by atoms with Crippen molar-refractivity contribution in [2.45, 2.75) is 6.17 Å². The highest BCUT2D eigenvalue weighted by Crippen LogP contribution is 2.27. The number of carbonyl (C=O) groups is 2. The molecule has 138 valence electrons. The zero-order valence-corrected chi connectivity index (χ0v) is 16.0. The number of hydrogen-bond donors (Lipinski definition) is 2. The molecule has 0 radical (unpaired) electrons. The minimum atomic E-state index is -0.944. The van der Waals surface area contributed by atoms with Crippen molar-refractivity contribution in [2.75, 3.05) is 12.4 Å². The van der Waals surface area contributed by atoms with Crippen LogP contribution in [0, 0.1) is 0 Å². The van der Waals surface area contributed by atoms with Crippen molar-refractivity contribution < 1.29 is 14.3 Å². The molecule has 3 rings (SSSR count). The second-order valence-corrected chi connectivity index (χ2v) is 6.96. The smallest absolute Gasteiger partial charge is 0.253 e. The number of amides is 1. The predicted molar refractivity (Wildman–Crippen MR) is 108 cm³/mol. The van der Waals surface area contributed by atoms with Crippen LogP contribution in [0.2, 0.25) is 5.02 Å². The molecule has 0 saturated carbocycles. The van der Waals surface area contributed by atoms with Gasteiger partial charge in [-0.2, -0.15) is 0 Å². The largest absolute Gasteiger partial charge is 0.495 e. The van der Waals surface area contributed by atoms with E-state index in [9.17, 15) is 9.59 Å². The summed E-state index contributed by atoms with van der Waals surface area (Å²) in [5.74, 6) is -0.0597. The second kappa shape index (κ2) is 8.70. The summed E-state index contributed by atoms with van der Waals surface area (Å²) in [5.41, 5.74) is 1.06. The number of nitrogens with one attached hydrogen (secondary N) is 2. The van der Waals surface area contributed by atoms with Crippen LogP contribution in [0.25, 0.3) is 0 Å². The Balaban J connectivity index is 1.84. The molecule has 1 aromatic heterocycles. The van der Waals surface area contributed by atoms with Gasteiger partial charge in [0, 0.05) is 11.3 Å². The van der Waals surface area contributed by atoms with Crippen LogP contribution in [0.4, 0.5) is 5.69 Å². The summed E-state index contributed by atoms with van der Waals surface area (Å²) in [4.78, 5) is 25.9. The van der Waals surface area contributed by atoms with Crippen LogP contribution in [0.1, 0.15) is 20.0 Å². The first-order valence-electron chi connectivity index (χ1n) is 8.12. The van der Waals surface area contributed by atoms with Crippen molar-refractivity contribution in [1.82, 2.24) is 5.32 Å². The van der Waals surface area contributed by atoms with Crippen LogP contribution in [0.15, 0.2) is 66.0 Å². The first-order valence-corrected chi connectivity index (χ1v) is 9.38. The predicted octanol–water partition coefficient (Wildman–Crippen LogP) is 4.46. The number of hydrogen-bond acceptors (Lipinski definition) is 5. The topological polar surface area (TPSA) is 67.4 Å². The summed E-state index contributed by atoms with van der Waals surface area (Å²) in [6.45, 7) is 0. The summed E-state index contributed by atoms with van der Waals surface area (Å²) < 4.78 is 5.14. The fourth-order valence-electron chi connectivity index (χ4n) is 2.45. The van der Waals surface area contributed by atoms with E-state index in [1.807, 2.05) is 11.4 Å².